The lowest BCUT2D eigenvalue weighted by Crippen LogP contribution is -2.25. The van der Waals surface area contributed by atoms with Crippen LogP contribution in [0.25, 0.3) is 5.70 Å². The Labute approximate surface area is 94.3 Å². The molecule has 0 saturated carbocycles. The molecule has 0 aliphatic carbocycles. The van der Waals surface area contributed by atoms with Gasteiger partial charge >= 0.3 is 0 Å². The second-order valence-electron chi connectivity index (χ2n) is 4.05. The molecule has 2 heterocycles. The molecule has 0 aromatic heterocycles. The van der Waals surface area contributed by atoms with Crippen LogP contribution in [0, 0.1) is 0 Å². The van der Waals surface area contributed by atoms with Crippen molar-refractivity contribution < 1.29 is 9.53 Å². The summed E-state index contributed by atoms with van der Waals surface area (Å²) in [5, 5.41) is 0. The van der Waals surface area contributed by atoms with Gasteiger partial charge in [0.15, 0.2) is 0 Å². The summed E-state index contributed by atoms with van der Waals surface area (Å²) >= 11 is 0. The van der Waals surface area contributed by atoms with E-state index in [-0.39, 0.29) is 5.91 Å². The highest BCUT2D eigenvalue weighted by Crippen LogP contribution is 2.33. The molecule has 0 spiro atoms. The van der Waals surface area contributed by atoms with Crippen LogP contribution < -0.4 is 4.74 Å². The highest BCUT2D eigenvalue weighted by atomic mass is 16.5. The average molecular weight is 215 g/mol. The van der Waals surface area contributed by atoms with E-state index in [0.29, 0.717) is 13.0 Å². The predicted octanol–water partition coefficient (Wildman–Crippen LogP) is 2.04. The van der Waals surface area contributed by atoms with Crippen molar-refractivity contribution in [3.05, 3.63) is 35.9 Å². The van der Waals surface area contributed by atoms with Gasteiger partial charge in [-0.2, -0.15) is 0 Å². The molecule has 1 aromatic rings. The minimum atomic E-state index is 0.225. The fourth-order valence-electron chi connectivity index (χ4n) is 2.28. The van der Waals surface area contributed by atoms with E-state index in [2.05, 4.69) is 0 Å². The number of amides is 1. The van der Waals surface area contributed by atoms with Gasteiger partial charge in [0.25, 0.3) is 0 Å². The Balaban J connectivity index is 2.02. The maximum atomic E-state index is 11.7. The molecule has 1 saturated heterocycles. The van der Waals surface area contributed by atoms with Gasteiger partial charge in [-0.05, 0) is 24.6 Å². The molecule has 0 bridgehead atoms. The summed E-state index contributed by atoms with van der Waals surface area (Å²) < 4.78 is 5.53. The standard InChI is InChI=1S/C13H13NO2/c15-13-6-3-8-14(13)11-7-9-16-12-5-2-1-4-10(11)12/h1-2,4-5,7H,3,6,8-9H2. The first-order valence-corrected chi connectivity index (χ1v) is 5.59. The lowest BCUT2D eigenvalue weighted by Gasteiger charge is -2.25. The number of rotatable bonds is 1. The van der Waals surface area contributed by atoms with Crippen molar-refractivity contribution >= 4 is 11.6 Å². The van der Waals surface area contributed by atoms with Crippen molar-refractivity contribution in [2.45, 2.75) is 12.8 Å². The van der Waals surface area contributed by atoms with Crippen molar-refractivity contribution in [1.82, 2.24) is 4.90 Å². The maximum absolute atomic E-state index is 11.7. The molecule has 82 valence electrons. The molecule has 16 heavy (non-hydrogen) atoms. The number of nitrogens with zero attached hydrogens (tertiary/aromatic N) is 1. The molecule has 0 unspecified atom stereocenters. The average Bonchev–Trinajstić information content (AvgIpc) is 2.75. The van der Waals surface area contributed by atoms with Crippen molar-refractivity contribution in [2.24, 2.45) is 0 Å². The molecule has 3 nitrogen and oxygen atoms in total. The van der Waals surface area contributed by atoms with Crippen LogP contribution in [0.5, 0.6) is 5.75 Å². The second kappa shape index (κ2) is 3.67. The molecular formula is C13H13NO2. The Kier molecular flexibility index (Phi) is 2.17. The quantitative estimate of drug-likeness (QED) is 0.717. The lowest BCUT2D eigenvalue weighted by atomic mass is 10.1. The summed E-state index contributed by atoms with van der Waals surface area (Å²) in [5.41, 5.74) is 2.05. The summed E-state index contributed by atoms with van der Waals surface area (Å²) in [4.78, 5) is 13.6. The molecule has 2 aliphatic heterocycles. The summed E-state index contributed by atoms with van der Waals surface area (Å²) in [7, 11) is 0. The molecular weight excluding hydrogens is 202 g/mol. The van der Waals surface area contributed by atoms with Crippen LogP contribution in [0.15, 0.2) is 30.3 Å². The Hall–Kier alpha value is -1.77. The van der Waals surface area contributed by atoms with Gasteiger partial charge in [-0.25, -0.2) is 0 Å². The molecule has 0 N–H and O–H groups in total. The van der Waals surface area contributed by atoms with Gasteiger partial charge in [-0.1, -0.05) is 12.1 Å². The summed E-state index contributed by atoms with van der Waals surface area (Å²) in [6.45, 7) is 1.38. The molecule has 2 aliphatic rings. The third kappa shape index (κ3) is 1.40. The molecule has 1 fully saturated rings. The largest absolute Gasteiger partial charge is 0.489 e. The number of ether oxygens (including phenoxy) is 1. The first kappa shape index (κ1) is 9.46. The number of likely N-dealkylation sites (tertiary alicyclic amines) is 1. The zero-order valence-corrected chi connectivity index (χ0v) is 8.98. The van der Waals surface area contributed by atoms with Gasteiger partial charge in [0.05, 0.1) is 5.70 Å². The summed E-state index contributed by atoms with van der Waals surface area (Å²) in [5.74, 6) is 1.10. The first-order valence-electron chi connectivity index (χ1n) is 5.59. The van der Waals surface area contributed by atoms with Crippen LogP contribution in [0.3, 0.4) is 0 Å². The second-order valence-corrected chi connectivity index (χ2v) is 4.05. The fourth-order valence-corrected chi connectivity index (χ4v) is 2.28. The van der Waals surface area contributed by atoms with Crippen LogP contribution in [0.4, 0.5) is 0 Å². The minimum absolute atomic E-state index is 0.225. The lowest BCUT2D eigenvalue weighted by molar-refractivity contribution is -0.124. The third-order valence-electron chi connectivity index (χ3n) is 3.04. The van der Waals surface area contributed by atoms with E-state index in [1.165, 1.54) is 0 Å². The third-order valence-corrected chi connectivity index (χ3v) is 3.04. The van der Waals surface area contributed by atoms with E-state index in [9.17, 15) is 4.79 Å². The van der Waals surface area contributed by atoms with E-state index < -0.39 is 0 Å². The maximum Gasteiger partial charge on any atom is 0.227 e. The van der Waals surface area contributed by atoms with E-state index in [1.807, 2.05) is 35.2 Å². The SMILES string of the molecule is O=C1CCCN1C1=CCOc2ccccc21. The highest BCUT2D eigenvalue weighted by molar-refractivity contribution is 5.89. The monoisotopic (exact) mass is 215 g/mol. The van der Waals surface area contributed by atoms with Crippen molar-refractivity contribution in [3.8, 4) is 5.75 Å². The summed E-state index contributed by atoms with van der Waals surface area (Å²) in [6, 6.07) is 7.88. The zero-order valence-electron chi connectivity index (χ0n) is 8.98. The number of hydrogen-bond acceptors (Lipinski definition) is 2. The van der Waals surface area contributed by atoms with E-state index in [4.69, 9.17) is 4.74 Å². The Morgan fingerprint density at radius 3 is 2.94 bits per heavy atom. The molecule has 0 radical (unpaired) electrons. The van der Waals surface area contributed by atoms with Crippen LogP contribution in [-0.4, -0.2) is 24.0 Å². The van der Waals surface area contributed by atoms with Crippen molar-refractivity contribution in [1.29, 1.82) is 0 Å². The fraction of sp³-hybridized carbons (Fsp3) is 0.308. The summed E-state index contributed by atoms with van der Waals surface area (Å²) in [6.07, 6.45) is 3.62. The van der Waals surface area contributed by atoms with Gasteiger partial charge in [-0.15, -0.1) is 0 Å². The highest BCUT2D eigenvalue weighted by Gasteiger charge is 2.27. The van der Waals surface area contributed by atoms with Crippen LogP contribution in [-0.2, 0) is 4.79 Å². The van der Waals surface area contributed by atoms with E-state index in [0.717, 1.165) is 30.0 Å². The number of para-hydroxylation sites is 1. The van der Waals surface area contributed by atoms with Crippen LogP contribution in [0.2, 0.25) is 0 Å². The number of hydrogen-bond donors (Lipinski definition) is 0. The van der Waals surface area contributed by atoms with E-state index in [1.54, 1.807) is 0 Å². The van der Waals surface area contributed by atoms with Crippen molar-refractivity contribution in [2.75, 3.05) is 13.2 Å². The van der Waals surface area contributed by atoms with E-state index >= 15 is 0 Å². The molecule has 1 aromatic carbocycles. The van der Waals surface area contributed by atoms with Gasteiger partial charge in [-0.3, -0.25) is 4.79 Å². The van der Waals surface area contributed by atoms with Gasteiger partial charge in [0.2, 0.25) is 5.91 Å². The topological polar surface area (TPSA) is 29.5 Å². The molecule has 3 rings (SSSR count). The minimum Gasteiger partial charge on any atom is -0.489 e. The molecule has 3 heteroatoms. The van der Waals surface area contributed by atoms with Crippen LogP contribution >= 0.6 is 0 Å². The van der Waals surface area contributed by atoms with Crippen molar-refractivity contribution in [3.63, 3.8) is 0 Å². The molecule has 0 atom stereocenters. The number of carbonyl (C=O) groups is 1. The first-order chi connectivity index (χ1) is 7.86. The number of benzene rings is 1. The molecule has 1 amide bonds. The Bertz CT molecular complexity index is 465. The Morgan fingerprint density at radius 1 is 1.25 bits per heavy atom. The number of carbonyl (C=O) groups excluding carboxylic acids is 1. The van der Waals surface area contributed by atoms with Crippen LogP contribution in [0.1, 0.15) is 18.4 Å². The smallest absolute Gasteiger partial charge is 0.227 e. The van der Waals surface area contributed by atoms with Gasteiger partial charge < -0.3 is 9.64 Å². The zero-order chi connectivity index (χ0) is 11.0. The normalized spacial score (nSPS) is 19.1. The predicted molar refractivity (Wildman–Crippen MR) is 60.9 cm³/mol. The van der Waals surface area contributed by atoms with Gasteiger partial charge in [0.1, 0.15) is 12.4 Å². The number of fused-ring (bicyclic) bond motifs is 1. The Morgan fingerprint density at radius 2 is 2.12 bits per heavy atom. The van der Waals surface area contributed by atoms with Gasteiger partial charge in [0, 0.05) is 18.5 Å².